The summed E-state index contributed by atoms with van der Waals surface area (Å²) in [5.74, 6) is 1.66. The fraction of sp³-hybridized carbons (Fsp3) is 0.0227. The number of anilines is 6. The average molecular weight is 1860 g/mol. The normalized spacial score (nSPS) is 16.2. The summed E-state index contributed by atoms with van der Waals surface area (Å²) in [6, 6.07) is 166. The van der Waals surface area contributed by atoms with E-state index in [4.69, 9.17) is 4.74 Å². The van der Waals surface area contributed by atoms with Crippen molar-refractivity contribution in [3.05, 3.63) is 565 Å². The van der Waals surface area contributed by atoms with Gasteiger partial charge >= 0.3 is 0 Å². The fourth-order valence-corrected chi connectivity index (χ4v) is 28.1. The molecule has 13 heterocycles. The van der Waals surface area contributed by atoms with Gasteiger partial charge in [0.25, 0.3) is 16.7 Å². The van der Waals surface area contributed by atoms with Crippen molar-refractivity contribution >= 4 is 155 Å². The third-order valence-electron chi connectivity index (χ3n) is 32.4. The summed E-state index contributed by atoms with van der Waals surface area (Å²) in [6.45, 7) is 0. The molecule has 8 aliphatic heterocycles. The molecule has 11 nitrogen and oxygen atoms in total. The van der Waals surface area contributed by atoms with Crippen LogP contribution in [0.1, 0.15) is 66.8 Å². The number of pyridine rings is 3. The van der Waals surface area contributed by atoms with Crippen LogP contribution in [0.15, 0.2) is 491 Å². The van der Waals surface area contributed by atoms with E-state index in [9.17, 15) is 14.4 Å². The summed E-state index contributed by atoms with van der Waals surface area (Å²) in [4.78, 5) is 50.6. The Morgan fingerprint density at radius 2 is 0.486 bits per heavy atom. The van der Waals surface area contributed by atoms with Gasteiger partial charge in [-0.25, -0.2) is 0 Å². The van der Waals surface area contributed by atoms with Crippen LogP contribution in [-0.2, 0) is 16.2 Å². The van der Waals surface area contributed by atoms with Crippen molar-refractivity contribution in [2.75, 3.05) is 9.80 Å². The van der Waals surface area contributed by atoms with Gasteiger partial charge in [0.1, 0.15) is 0 Å². The van der Waals surface area contributed by atoms with Crippen molar-refractivity contribution in [3.8, 4) is 51.1 Å². The number of nitrogens with zero attached hydrogens (tertiary/aromatic N) is 7. The second kappa shape index (κ2) is 29.0. The van der Waals surface area contributed by atoms with Crippen LogP contribution in [0.5, 0.6) is 11.5 Å². The lowest BCUT2D eigenvalue weighted by Gasteiger charge is -2.50. The maximum absolute atomic E-state index is 14.7. The van der Waals surface area contributed by atoms with E-state index in [1.54, 1.807) is 0 Å². The fourth-order valence-electron chi connectivity index (χ4n) is 27.0. The maximum Gasteiger partial charge on any atom is 0.263 e. The van der Waals surface area contributed by atoms with Crippen LogP contribution in [0.2, 0.25) is 0 Å². The topological polar surface area (TPSA) is 91.6 Å². The van der Waals surface area contributed by atoms with Gasteiger partial charge in [0.15, 0.2) is 11.5 Å². The Balaban J connectivity index is 0.0000000991. The van der Waals surface area contributed by atoms with Crippen molar-refractivity contribution < 1.29 is 4.74 Å². The van der Waals surface area contributed by atoms with Crippen molar-refractivity contribution in [1.29, 1.82) is 0 Å². The molecule has 3 atom stereocenters. The zero-order valence-electron chi connectivity index (χ0n) is 77.1. The van der Waals surface area contributed by atoms with Gasteiger partial charge in [-0.15, -0.1) is 0 Å². The lowest BCUT2D eigenvalue weighted by atomic mass is 9.60. The molecular formula is C132H77N7O4S. The molecule has 12 heteroatoms. The quantitative estimate of drug-likeness (QED) is 0.159. The number of rotatable bonds is 2. The monoisotopic (exact) mass is 1860 g/mol. The summed E-state index contributed by atoms with van der Waals surface area (Å²) in [5.41, 5.74) is 33.9. The van der Waals surface area contributed by atoms with Crippen LogP contribution in [0, 0.1) is 0 Å². The highest BCUT2D eigenvalue weighted by molar-refractivity contribution is 7.99. The van der Waals surface area contributed by atoms with E-state index in [1.165, 1.54) is 109 Å². The van der Waals surface area contributed by atoms with E-state index in [1.807, 2.05) is 98.3 Å². The van der Waals surface area contributed by atoms with Crippen LogP contribution in [0.25, 0.3) is 148 Å². The number of hydrogen-bond donors (Lipinski definition) is 0. The number of para-hydroxylation sites is 17. The summed E-state index contributed by atoms with van der Waals surface area (Å²) in [7, 11) is 0. The molecule has 0 saturated heterocycles. The van der Waals surface area contributed by atoms with E-state index < -0.39 is 16.2 Å². The Bertz CT molecular complexity index is 10200. The first-order valence-electron chi connectivity index (χ1n) is 49.2. The van der Waals surface area contributed by atoms with Crippen molar-refractivity contribution in [3.63, 3.8) is 0 Å². The van der Waals surface area contributed by atoms with Crippen LogP contribution < -0.4 is 31.2 Å². The van der Waals surface area contributed by atoms with Gasteiger partial charge in [-0.2, -0.15) is 0 Å². The second-order valence-corrected chi connectivity index (χ2v) is 39.9. The highest BCUT2D eigenvalue weighted by Crippen LogP contribution is 2.69. The molecule has 670 valence electrons. The van der Waals surface area contributed by atoms with Crippen LogP contribution in [-0.4, -0.2) is 22.8 Å². The number of hydrogen-bond acceptors (Lipinski definition) is 7. The number of aromatic nitrogens is 5. The largest absolute Gasteiger partial charge is 0.453 e. The molecule has 0 N–H and O–H groups in total. The van der Waals surface area contributed by atoms with Crippen molar-refractivity contribution in [1.82, 2.24) is 22.8 Å². The Hall–Kier alpha value is -18.6. The third-order valence-corrected chi connectivity index (χ3v) is 33.5. The van der Waals surface area contributed by atoms with Crippen molar-refractivity contribution in [2.45, 2.75) is 26.0 Å². The third kappa shape index (κ3) is 9.93. The molecule has 34 rings (SSSR count). The van der Waals surface area contributed by atoms with E-state index in [0.29, 0.717) is 0 Å². The second-order valence-electron chi connectivity index (χ2n) is 38.8. The van der Waals surface area contributed by atoms with E-state index >= 15 is 0 Å². The van der Waals surface area contributed by atoms with E-state index in [2.05, 4.69) is 413 Å². The van der Waals surface area contributed by atoms with Gasteiger partial charge in [0.2, 0.25) is 0 Å². The first-order valence-corrected chi connectivity index (χ1v) is 50.0. The van der Waals surface area contributed by atoms with Gasteiger partial charge in [-0.3, -0.25) is 28.1 Å². The highest BCUT2D eigenvalue weighted by Gasteiger charge is 2.56. The van der Waals surface area contributed by atoms with Crippen LogP contribution in [0.4, 0.5) is 34.1 Å². The van der Waals surface area contributed by atoms with Crippen molar-refractivity contribution in [2.24, 2.45) is 0 Å². The smallest absolute Gasteiger partial charge is 0.263 e. The minimum absolute atomic E-state index is 0.00548. The number of benzene rings is 21. The van der Waals surface area contributed by atoms with E-state index in [0.717, 1.165) is 161 Å². The molecule has 26 aromatic rings. The molecule has 0 fully saturated rings. The minimum atomic E-state index is -0.688. The van der Waals surface area contributed by atoms with Gasteiger partial charge < -0.3 is 23.7 Å². The molecule has 8 aliphatic rings. The molecular weight excluding hydrogens is 1780 g/mol. The summed E-state index contributed by atoms with van der Waals surface area (Å²) < 4.78 is 17.4. The highest BCUT2D eigenvalue weighted by atomic mass is 32.2. The maximum atomic E-state index is 14.7. The lowest BCUT2D eigenvalue weighted by Crippen LogP contribution is -2.42. The molecule has 3 spiro atoms. The molecule has 21 aromatic carbocycles. The number of ether oxygens (including phenoxy) is 1. The first kappa shape index (κ1) is 79.3. The Kier molecular flexibility index (Phi) is 16.0. The Morgan fingerprint density at radius 1 is 0.188 bits per heavy atom. The zero-order valence-corrected chi connectivity index (χ0v) is 77.9. The minimum Gasteiger partial charge on any atom is -0.453 e. The standard InChI is InChI=1S/C56H33N3O.C38H22N2O2.C38H22N2OS/c60-55-41-18-5-4-16-37(41)39-19-12-24-47-54(39)59(55)52-27-11-8-22-45(52)56(47)44-21-7-10-26-51(44)58-50-31-29-35(33-43(50)40-20-13-23-46(56)53(40)58)34-28-30-49-42(32-34)38-17-6-9-25-48(38)57(49)36-14-2-1-3-15-36;2*41-37-25-12-2-1-11-23(25)24-13-9-16-28-35(24)40(37)31-19-6-4-15-27(31)38(28)26-14-3-5-18-30(26)39-32-20-7-8-21-33(32)42-34-22-10-17-29(38)36(34)39/h1-33H;2*1-22H. The van der Waals surface area contributed by atoms with Crippen LogP contribution >= 0.6 is 11.8 Å². The number of fused-ring (bicyclic) bond motifs is 40. The molecule has 0 saturated carbocycles. The van der Waals surface area contributed by atoms with Crippen LogP contribution in [0.3, 0.4) is 0 Å². The van der Waals surface area contributed by atoms with Gasteiger partial charge in [-0.1, -0.05) is 345 Å². The summed E-state index contributed by atoms with van der Waals surface area (Å²) in [5, 5.41) is 13.3. The first-order chi connectivity index (χ1) is 71.3. The molecule has 144 heavy (non-hydrogen) atoms. The predicted molar refractivity (Wildman–Crippen MR) is 585 cm³/mol. The average Bonchev–Trinajstić information content (AvgIpc) is 1.37. The SMILES string of the molecule is O=c1c2ccccc2c2cccc3c2n1-c1ccccc1C31c2ccccc2-n2c3ccc(-c4ccc5c(c4)c4ccccc4n5-c4ccccc4)cc3c3cccc1c32.O=c1c2ccccc2c2cccc3c2n1-c1ccccc1C31c2ccccc2N2c3ccccc3Oc3cccc1c32.O=c1c2ccccc2c2cccc3c2n1-c1ccccc1C31c2ccccc2N2c3ccccc3Sc3cccc1c32. The molecule has 0 aliphatic carbocycles. The predicted octanol–water partition coefficient (Wildman–Crippen LogP) is 30.8. The molecule has 0 bridgehead atoms. The Morgan fingerprint density at radius 3 is 0.979 bits per heavy atom. The lowest BCUT2D eigenvalue weighted by molar-refractivity contribution is 0.473. The van der Waals surface area contributed by atoms with E-state index in [-0.39, 0.29) is 16.7 Å². The van der Waals surface area contributed by atoms with Gasteiger partial charge in [0, 0.05) is 69.3 Å². The van der Waals surface area contributed by atoms with Gasteiger partial charge in [0.05, 0.1) is 112 Å². The summed E-state index contributed by atoms with van der Waals surface area (Å²) in [6.07, 6.45) is 0. The molecule has 0 amide bonds. The zero-order chi connectivity index (χ0) is 94.4. The molecule has 3 unspecified atom stereocenters. The summed E-state index contributed by atoms with van der Waals surface area (Å²) >= 11 is 1.84. The Labute approximate surface area is 828 Å². The molecule has 5 aromatic heterocycles. The van der Waals surface area contributed by atoms with Gasteiger partial charge in [-0.05, 0) is 228 Å². The molecule has 0 radical (unpaired) electrons.